The summed E-state index contributed by atoms with van der Waals surface area (Å²) >= 11 is 3.42. The lowest BCUT2D eigenvalue weighted by molar-refractivity contribution is 0.0575. The summed E-state index contributed by atoms with van der Waals surface area (Å²) in [6.07, 6.45) is 4.26. The van der Waals surface area contributed by atoms with E-state index in [-0.39, 0.29) is 0 Å². The third-order valence-corrected chi connectivity index (χ3v) is 3.25. The van der Waals surface area contributed by atoms with Crippen molar-refractivity contribution >= 4 is 15.9 Å². The molecule has 1 atom stereocenters. The summed E-state index contributed by atoms with van der Waals surface area (Å²) in [5.74, 6) is 0. The van der Waals surface area contributed by atoms with Gasteiger partial charge in [-0.2, -0.15) is 5.10 Å². The van der Waals surface area contributed by atoms with E-state index in [1.807, 2.05) is 44.4 Å². The molecule has 0 bridgehead atoms. The van der Waals surface area contributed by atoms with Crippen LogP contribution in [-0.4, -0.2) is 14.9 Å². The van der Waals surface area contributed by atoms with Gasteiger partial charge in [-0.25, -0.2) is 0 Å². The van der Waals surface area contributed by atoms with E-state index in [0.29, 0.717) is 6.42 Å². The Morgan fingerprint density at radius 1 is 1.47 bits per heavy atom. The van der Waals surface area contributed by atoms with Crippen LogP contribution >= 0.6 is 15.9 Å². The topological polar surface area (TPSA) is 38.0 Å². The zero-order valence-corrected chi connectivity index (χ0v) is 11.5. The smallest absolute Gasteiger partial charge is 0.0910 e. The van der Waals surface area contributed by atoms with Gasteiger partial charge in [0, 0.05) is 24.1 Å². The second-order valence-electron chi connectivity index (χ2n) is 4.48. The number of rotatable bonds is 3. The molecule has 0 saturated heterocycles. The molecule has 2 aromatic rings. The minimum absolute atomic E-state index is 0.553. The Hall–Kier alpha value is -1.13. The number of aromatic nitrogens is 2. The lowest BCUT2D eigenvalue weighted by Gasteiger charge is -2.23. The summed E-state index contributed by atoms with van der Waals surface area (Å²) in [5.41, 5.74) is 1.04. The Morgan fingerprint density at radius 2 is 2.24 bits per heavy atom. The standard InChI is InChI=1S/C13H15BrN2O/c1-13(17,7-10-8-15-16(2)9-10)11-4-3-5-12(14)6-11/h3-6,8-9,17H,7H2,1-2H3. The van der Waals surface area contributed by atoms with Gasteiger partial charge in [-0.1, -0.05) is 28.1 Å². The Morgan fingerprint density at radius 3 is 2.82 bits per heavy atom. The average Bonchev–Trinajstić information content (AvgIpc) is 2.63. The molecule has 1 unspecified atom stereocenters. The van der Waals surface area contributed by atoms with Gasteiger partial charge >= 0.3 is 0 Å². The van der Waals surface area contributed by atoms with E-state index in [1.54, 1.807) is 10.9 Å². The van der Waals surface area contributed by atoms with Crippen molar-refractivity contribution in [2.24, 2.45) is 7.05 Å². The molecule has 2 rings (SSSR count). The van der Waals surface area contributed by atoms with Crippen molar-refractivity contribution < 1.29 is 5.11 Å². The van der Waals surface area contributed by atoms with Crippen molar-refractivity contribution in [1.82, 2.24) is 9.78 Å². The molecule has 1 aromatic carbocycles. The van der Waals surface area contributed by atoms with Crippen LogP contribution in [0.5, 0.6) is 0 Å². The lowest BCUT2D eigenvalue weighted by Crippen LogP contribution is -2.24. The van der Waals surface area contributed by atoms with Gasteiger partial charge in [0.1, 0.15) is 0 Å². The first-order valence-corrected chi connectivity index (χ1v) is 6.23. The fourth-order valence-corrected chi connectivity index (χ4v) is 2.29. The molecule has 0 amide bonds. The highest BCUT2D eigenvalue weighted by Crippen LogP contribution is 2.27. The van der Waals surface area contributed by atoms with Crippen LogP contribution in [0.4, 0.5) is 0 Å². The number of benzene rings is 1. The molecule has 1 heterocycles. The number of aryl methyl sites for hydroxylation is 1. The number of halogens is 1. The Balaban J connectivity index is 2.24. The molecular formula is C13H15BrN2O. The fourth-order valence-electron chi connectivity index (χ4n) is 1.89. The average molecular weight is 295 g/mol. The second kappa shape index (κ2) is 4.63. The summed E-state index contributed by atoms with van der Waals surface area (Å²) in [6.45, 7) is 1.82. The van der Waals surface area contributed by atoms with Gasteiger partial charge in [-0.05, 0) is 30.2 Å². The molecule has 0 aliphatic heterocycles. The number of hydrogen-bond donors (Lipinski definition) is 1. The van der Waals surface area contributed by atoms with Crippen molar-refractivity contribution in [2.75, 3.05) is 0 Å². The first kappa shape index (κ1) is 12.3. The summed E-state index contributed by atoms with van der Waals surface area (Å²) in [5, 5.41) is 14.6. The van der Waals surface area contributed by atoms with Gasteiger partial charge in [-0.3, -0.25) is 4.68 Å². The van der Waals surface area contributed by atoms with Gasteiger partial charge in [0.25, 0.3) is 0 Å². The molecule has 90 valence electrons. The molecule has 0 radical (unpaired) electrons. The summed E-state index contributed by atoms with van der Waals surface area (Å²) < 4.78 is 2.72. The molecule has 4 heteroatoms. The van der Waals surface area contributed by atoms with Gasteiger partial charge in [0.2, 0.25) is 0 Å². The third-order valence-electron chi connectivity index (χ3n) is 2.75. The Bertz CT molecular complexity index is 520. The third kappa shape index (κ3) is 2.96. The van der Waals surface area contributed by atoms with Gasteiger partial charge in [0.15, 0.2) is 0 Å². The van der Waals surface area contributed by atoms with Crippen LogP contribution in [0.3, 0.4) is 0 Å². The maximum atomic E-state index is 10.5. The van der Waals surface area contributed by atoms with Crippen LogP contribution < -0.4 is 0 Å². The highest BCUT2D eigenvalue weighted by molar-refractivity contribution is 9.10. The van der Waals surface area contributed by atoms with Crippen molar-refractivity contribution in [2.45, 2.75) is 18.9 Å². The summed E-state index contributed by atoms with van der Waals surface area (Å²) in [7, 11) is 1.87. The van der Waals surface area contributed by atoms with E-state index < -0.39 is 5.60 Å². The molecular weight excluding hydrogens is 280 g/mol. The van der Waals surface area contributed by atoms with Crippen LogP contribution in [0.25, 0.3) is 0 Å². The second-order valence-corrected chi connectivity index (χ2v) is 5.40. The van der Waals surface area contributed by atoms with Crippen LogP contribution in [0.2, 0.25) is 0 Å². The van der Waals surface area contributed by atoms with Crippen LogP contribution in [-0.2, 0) is 19.1 Å². The molecule has 0 saturated carbocycles. The monoisotopic (exact) mass is 294 g/mol. The van der Waals surface area contributed by atoms with Crippen LogP contribution in [0, 0.1) is 0 Å². The van der Waals surface area contributed by atoms with E-state index >= 15 is 0 Å². The van der Waals surface area contributed by atoms with Gasteiger partial charge < -0.3 is 5.11 Å². The van der Waals surface area contributed by atoms with E-state index in [2.05, 4.69) is 21.0 Å². The zero-order chi connectivity index (χ0) is 12.5. The van der Waals surface area contributed by atoms with Crippen molar-refractivity contribution in [1.29, 1.82) is 0 Å². The van der Waals surface area contributed by atoms with Crippen molar-refractivity contribution in [3.05, 3.63) is 52.3 Å². The van der Waals surface area contributed by atoms with E-state index in [4.69, 9.17) is 0 Å². The minimum Gasteiger partial charge on any atom is -0.385 e. The molecule has 3 nitrogen and oxygen atoms in total. The quantitative estimate of drug-likeness (QED) is 0.945. The highest BCUT2D eigenvalue weighted by atomic mass is 79.9. The van der Waals surface area contributed by atoms with Crippen molar-refractivity contribution in [3.63, 3.8) is 0 Å². The van der Waals surface area contributed by atoms with Gasteiger partial charge in [0.05, 0.1) is 11.8 Å². The predicted molar refractivity (Wildman–Crippen MR) is 70.6 cm³/mol. The van der Waals surface area contributed by atoms with E-state index in [0.717, 1.165) is 15.6 Å². The maximum Gasteiger partial charge on any atom is 0.0910 e. The molecule has 17 heavy (non-hydrogen) atoms. The number of nitrogens with zero attached hydrogens (tertiary/aromatic N) is 2. The molecule has 1 aromatic heterocycles. The minimum atomic E-state index is -0.882. The normalized spacial score (nSPS) is 14.6. The summed E-state index contributed by atoms with van der Waals surface area (Å²) in [6, 6.07) is 7.75. The Kier molecular flexibility index (Phi) is 3.35. The number of hydrogen-bond acceptors (Lipinski definition) is 2. The Labute approximate surface area is 109 Å². The van der Waals surface area contributed by atoms with E-state index in [1.165, 1.54) is 0 Å². The fraction of sp³-hybridized carbons (Fsp3) is 0.308. The van der Waals surface area contributed by atoms with E-state index in [9.17, 15) is 5.11 Å². The van der Waals surface area contributed by atoms with Crippen molar-refractivity contribution in [3.8, 4) is 0 Å². The van der Waals surface area contributed by atoms with Crippen LogP contribution in [0.15, 0.2) is 41.1 Å². The molecule has 1 N–H and O–H groups in total. The maximum absolute atomic E-state index is 10.5. The number of aliphatic hydroxyl groups is 1. The predicted octanol–water partition coefficient (Wildman–Crippen LogP) is 2.63. The first-order valence-electron chi connectivity index (χ1n) is 5.43. The molecule has 0 spiro atoms. The molecule has 0 aliphatic rings. The molecule has 0 fully saturated rings. The largest absolute Gasteiger partial charge is 0.385 e. The van der Waals surface area contributed by atoms with Crippen LogP contribution in [0.1, 0.15) is 18.1 Å². The first-order chi connectivity index (χ1) is 7.97. The summed E-state index contributed by atoms with van der Waals surface area (Å²) in [4.78, 5) is 0. The highest BCUT2D eigenvalue weighted by Gasteiger charge is 2.24. The zero-order valence-electron chi connectivity index (χ0n) is 9.89. The van der Waals surface area contributed by atoms with Gasteiger partial charge in [-0.15, -0.1) is 0 Å². The SMILES string of the molecule is Cn1cc(CC(C)(O)c2cccc(Br)c2)cn1. The lowest BCUT2D eigenvalue weighted by atomic mass is 9.90. The molecule has 0 aliphatic carbocycles.